The van der Waals surface area contributed by atoms with Gasteiger partial charge in [-0.15, -0.1) is 5.10 Å². The number of carbonyl (C=O) groups is 15. The van der Waals surface area contributed by atoms with E-state index in [0.29, 0.717) is 48.6 Å². The van der Waals surface area contributed by atoms with Crippen LogP contribution in [0, 0.1) is 38.5 Å². The van der Waals surface area contributed by atoms with Crippen LogP contribution >= 0.6 is 52.6 Å². The fourth-order valence-corrected chi connectivity index (χ4v) is 9.07. The molecule has 2 heterocycles. The van der Waals surface area contributed by atoms with Crippen molar-refractivity contribution in [1.29, 1.82) is 0 Å². The summed E-state index contributed by atoms with van der Waals surface area (Å²) < 4.78 is 36.6. The number of methoxy groups -OCH3 is 1. The zero-order chi connectivity index (χ0) is 94.0. The molecule has 6 atom stereocenters. The Kier molecular flexibility index (Phi) is 120. The fraction of sp³-hybridized carbons (Fsp3) is 0.515. The first-order valence-electron chi connectivity index (χ1n) is 33.6. The second-order valence-electron chi connectivity index (χ2n) is 22.3. The minimum atomic E-state index is -3.53. The first-order valence-corrected chi connectivity index (χ1v) is 43.8. The van der Waals surface area contributed by atoms with Gasteiger partial charge >= 0.3 is 169 Å². The number of carboxylic acid groups (broad SMARTS) is 14. The van der Waals surface area contributed by atoms with Crippen molar-refractivity contribution in [2.24, 2.45) is 27.7 Å². The van der Waals surface area contributed by atoms with Gasteiger partial charge in [-0.25, -0.2) is 61.7 Å². The van der Waals surface area contributed by atoms with Crippen LogP contribution in [-0.4, -0.2) is 273 Å². The van der Waals surface area contributed by atoms with Crippen molar-refractivity contribution < 1.29 is 250 Å². The Hall–Kier alpha value is -7.56. The number of sulfone groups is 1. The molecule has 0 unspecified atom stereocenters. The van der Waals surface area contributed by atoms with Gasteiger partial charge in [-0.1, -0.05) is 111 Å². The SMILES string of the molecule is CC(=O)O.CC(=O)O.CC(=O)O.COCCOCC(=O)O.CS(=O)(=O)c1nnc(-c2ccc(CC(=O)O)cc2)o1.O=C(O)C(=O)O.O=C(O)C(=O)O.O=C(O)C(=O)O.O=C(O)CCC(=O)NCCSSc1ccccn1.O=C(O)CCN=C=S.O=C=NCCC(=O)O.[CH2-][C@@H]1CCCC[C@H]1[NH-].[CH2-][C@@H]1CCCC[C@H]1[NH-].[CH2-][C@@H]1CCCC[C@H]1[NH-].[Cl][Pt+2][Cl].[NH2-].[NH2-].[Pt+2].[Pt+2].[Pt+2]. The summed E-state index contributed by atoms with van der Waals surface area (Å²) in [5.74, 6) is -16.2. The molecule has 3 aliphatic carbocycles. The minimum absolute atomic E-state index is 0. The van der Waals surface area contributed by atoms with E-state index in [0.717, 1.165) is 57.1 Å². The van der Waals surface area contributed by atoms with E-state index in [1.54, 1.807) is 52.1 Å². The number of benzene rings is 1. The number of hydrogen-bond acceptors (Lipinski definition) is 29. The molecular weight excluding hydrogens is 2510 g/mol. The Balaban J connectivity index is -0.0000000895. The van der Waals surface area contributed by atoms with Gasteiger partial charge in [0.25, 0.3) is 17.9 Å². The molecule has 0 aliphatic heterocycles. The van der Waals surface area contributed by atoms with Crippen molar-refractivity contribution in [2.75, 3.05) is 58.6 Å². The second-order valence-corrected chi connectivity index (χ2v) is 30.1. The number of thiocarbonyl (C=S) groups is 1. The minimum Gasteiger partial charge on any atom is -0.693 e. The van der Waals surface area contributed by atoms with Crippen LogP contribution < -0.4 is 5.32 Å². The predicted octanol–water partition coefficient (Wildman–Crippen LogP) is 10.5. The number of aromatic nitrogens is 3. The van der Waals surface area contributed by atoms with Gasteiger partial charge < -0.3 is 141 Å². The van der Waals surface area contributed by atoms with Gasteiger partial charge in [0.2, 0.25) is 27.7 Å². The van der Waals surface area contributed by atoms with E-state index in [1.165, 1.54) is 71.0 Å². The van der Waals surface area contributed by atoms with Crippen molar-refractivity contribution in [3.05, 3.63) is 104 Å². The number of aliphatic imine (C=N–C) groups is 2. The number of ether oxygens (including phenoxy) is 2. The summed E-state index contributed by atoms with van der Waals surface area (Å²) in [6.45, 7) is 16.2. The molecule has 3 fully saturated rings. The molecule has 0 saturated heterocycles. The maximum absolute atomic E-state index is 11.2. The molecule has 22 N–H and O–H groups in total. The molecular formula is C68H105Cl2N11O35Pt4S4. The van der Waals surface area contributed by atoms with Crippen molar-refractivity contribution in [1.82, 2.24) is 20.5 Å². The third kappa shape index (κ3) is 128. The van der Waals surface area contributed by atoms with E-state index < -0.39 is 115 Å². The third-order valence-electron chi connectivity index (χ3n) is 12.1. The zero-order valence-electron chi connectivity index (χ0n) is 67.1. The first kappa shape index (κ1) is 148. The number of aliphatic carboxylic acids is 14. The molecule has 0 bridgehead atoms. The maximum atomic E-state index is 11.2. The molecule has 1 amide bonds. The number of nitrogens with two attached hydrogens (primary N) is 2. The summed E-state index contributed by atoms with van der Waals surface area (Å²) in [7, 11) is 10.9. The Morgan fingerprint density at radius 2 is 0.935 bits per heavy atom. The van der Waals surface area contributed by atoms with Gasteiger partial charge in [0, 0.05) is 64.6 Å². The van der Waals surface area contributed by atoms with Gasteiger partial charge in [-0.05, 0) is 52.8 Å². The van der Waals surface area contributed by atoms with Crippen LogP contribution in [0.15, 0.2) is 73.3 Å². The molecule has 1 aromatic carbocycles. The summed E-state index contributed by atoms with van der Waals surface area (Å²) in [5, 5.41) is 120. The standard InChI is InChI=1S/C11H10N2O5S.C11H14N2O3S2.3C7H13N.C5H10O4.C4H5NO3.C4H5NO2S.3C2H2O4.3C2H4O2.2ClH.2H2N.4Pt/c1-19(16,17)11-13-12-10(18-11)8-4-2-7(3-5-8)6-9(14)15;14-9(4-5-11(15)16)12-7-8-17-18-10-3-1-2-6-13-10;3*1-6-4-2-3-5-7(6)8;1-8-2-3-9-4-5(6)7;6-3-5-2-1-4(7)8;6-4(7)1-2-5-3-8;3*3-1(4)2(5)6;3*1-2(3)4;;;;;;;;/h2-5H,6H2,1H3,(H,14,15);1-3,6H,4-5,7-8H2,(H,12,14)(H,15,16);3*6-8H,1-5H2;2-4H2,1H3,(H,6,7);1-2H2,(H,7,8);1-2H2,(H,6,7);3*(H,3,4)(H,5,6);3*1H3,(H,3,4);2*1H;2*1H2;;;;/q;;3*-2;;;;;;;;;;;;2*-1;3*+2;+4/p-2/t;;3*6-,7-;;;;;;;;;;;;;;;;;/m..111................./s1. The van der Waals surface area contributed by atoms with Crippen molar-refractivity contribution in [2.45, 2.75) is 158 Å². The molecule has 720 valence electrons. The van der Waals surface area contributed by atoms with Crippen LogP contribution in [0.1, 0.15) is 129 Å². The summed E-state index contributed by atoms with van der Waals surface area (Å²) in [6.07, 6.45) is 18.1. The Labute approximate surface area is 788 Å². The average Bonchev–Trinajstić information content (AvgIpc) is 1.69. The number of halogens is 2. The molecule has 0 spiro atoms. The van der Waals surface area contributed by atoms with Crippen LogP contribution in [0.2, 0.25) is 0 Å². The monoisotopic (exact) mass is 2610 g/mol. The topological polar surface area (TPSA) is 836 Å². The Bertz CT molecular complexity index is 3370. The largest absolute Gasteiger partial charge is 2.00 e. The van der Waals surface area contributed by atoms with Gasteiger partial charge in [0.05, 0.1) is 57.1 Å². The van der Waals surface area contributed by atoms with Crippen molar-refractivity contribution in [3.63, 3.8) is 0 Å². The predicted molar refractivity (Wildman–Crippen MR) is 439 cm³/mol. The summed E-state index contributed by atoms with van der Waals surface area (Å²) in [5.41, 5.74) is 23.4. The van der Waals surface area contributed by atoms with Gasteiger partial charge in [-0.3, -0.25) is 38.4 Å². The first-order chi connectivity index (χ1) is 55.3. The Morgan fingerprint density at radius 3 is 1.20 bits per heavy atom. The van der Waals surface area contributed by atoms with Gasteiger partial charge in [0.1, 0.15) is 11.6 Å². The number of carboxylic acids is 14. The van der Waals surface area contributed by atoms with Gasteiger partial charge in [-0.2, -0.15) is 35.9 Å². The number of hydrogen-bond donors (Lipinski definition) is 15. The molecule has 3 saturated carbocycles. The molecule has 3 aromatic rings. The normalized spacial score (nSPS) is 14.4. The van der Waals surface area contributed by atoms with Crippen molar-refractivity contribution in [3.8, 4) is 11.5 Å². The quantitative estimate of drug-likeness (QED) is 0.00797. The molecule has 6 rings (SSSR count). The van der Waals surface area contributed by atoms with E-state index in [9.17, 15) is 42.0 Å². The molecule has 56 heteroatoms. The van der Waals surface area contributed by atoms with Gasteiger partial charge in [0.15, 0.2) is 0 Å². The number of pyridine rings is 1. The van der Waals surface area contributed by atoms with Crippen LogP contribution in [0.5, 0.6) is 0 Å². The van der Waals surface area contributed by atoms with Crippen LogP contribution in [0.25, 0.3) is 41.0 Å². The number of amides is 1. The van der Waals surface area contributed by atoms with Crippen LogP contribution in [-0.2, 0) is 182 Å². The smallest absolute Gasteiger partial charge is 0.693 e. The summed E-state index contributed by atoms with van der Waals surface area (Å²) in [4.78, 5) is 163. The average molecular weight is 2620 g/mol. The Morgan fingerprint density at radius 1 is 0.573 bits per heavy atom. The maximum Gasteiger partial charge on any atom is 2.00 e. The number of carbonyl (C=O) groups excluding carboxylic acids is 2. The molecule has 3 aliphatic rings. The van der Waals surface area contributed by atoms with E-state index in [2.05, 4.69) is 78.1 Å². The molecule has 46 nitrogen and oxygen atoms in total. The number of rotatable bonds is 23. The number of nitrogens with zero attached hydrogens (tertiary/aromatic N) is 5. The molecule has 0 radical (unpaired) electrons. The molecule has 124 heavy (non-hydrogen) atoms. The molecule has 2 aromatic heterocycles. The zero-order valence-corrected chi connectivity index (χ0v) is 80.9. The number of isocyanates is 1. The second kappa shape index (κ2) is 101. The van der Waals surface area contributed by atoms with Crippen molar-refractivity contribution >= 4 is 163 Å². The number of isothiocyanates is 1. The van der Waals surface area contributed by atoms with Crippen LogP contribution in [0.3, 0.4) is 0 Å². The van der Waals surface area contributed by atoms with E-state index in [-0.39, 0.29) is 157 Å². The summed E-state index contributed by atoms with van der Waals surface area (Å²) >= 11 is 3.72. The van der Waals surface area contributed by atoms with E-state index in [1.807, 2.05) is 18.2 Å². The third-order valence-corrected chi connectivity index (χ3v) is 15.3. The van der Waals surface area contributed by atoms with E-state index in [4.69, 9.17) is 155 Å². The van der Waals surface area contributed by atoms with Crippen LogP contribution in [0.4, 0.5) is 0 Å². The van der Waals surface area contributed by atoms with E-state index >= 15 is 0 Å². The number of nitrogens with one attached hydrogen (secondary N) is 4. The fourth-order valence-electron chi connectivity index (χ4n) is 6.77. The summed E-state index contributed by atoms with van der Waals surface area (Å²) in [6, 6.07) is 12.5.